The Morgan fingerprint density at radius 2 is 2.24 bits per heavy atom. The lowest BCUT2D eigenvalue weighted by Crippen LogP contribution is -2.32. The van der Waals surface area contributed by atoms with Crippen LogP contribution in [0.5, 0.6) is 0 Å². The summed E-state index contributed by atoms with van der Waals surface area (Å²) in [6.45, 7) is 3.56. The van der Waals surface area contributed by atoms with Crippen LogP contribution in [0.25, 0.3) is 0 Å². The second kappa shape index (κ2) is 6.84. The molecule has 2 aliphatic heterocycles. The number of carbonyl (C=O) groups is 1. The van der Waals surface area contributed by atoms with E-state index in [4.69, 9.17) is 4.74 Å². The fourth-order valence-corrected chi connectivity index (χ4v) is 3.76. The average Bonchev–Trinajstić information content (AvgIpc) is 3.26. The number of anilines is 2. The van der Waals surface area contributed by atoms with Gasteiger partial charge < -0.3 is 15.0 Å². The number of carbonyl (C=O) groups excluding carboxylic acids is 1. The van der Waals surface area contributed by atoms with Gasteiger partial charge in [0.2, 0.25) is 0 Å². The number of rotatable bonds is 4. The zero-order valence-electron chi connectivity index (χ0n) is 14.4. The van der Waals surface area contributed by atoms with Gasteiger partial charge in [0.1, 0.15) is 0 Å². The van der Waals surface area contributed by atoms with Crippen LogP contribution in [0.1, 0.15) is 35.7 Å². The van der Waals surface area contributed by atoms with E-state index in [-0.39, 0.29) is 12.0 Å². The van der Waals surface area contributed by atoms with Crippen molar-refractivity contribution in [3.63, 3.8) is 0 Å². The van der Waals surface area contributed by atoms with E-state index in [1.165, 1.54) is 11.3 Å². The van der Waals surface area contributed by atoms with Crippen LogP contribution in [0.2, 0.25) is 0 Å². The predicted octanol–water partition coefficient (Wildman–Crippen LogP) is 3.07. The summed E-state index contributed by atoms with van der Waals surface area (Å²) >= 11 is 0. The van der Waals surface area contributed by atoms with Crippen LogP contribution >= 0.6 is 0 Å². The van der Waals surface area contributed by atoms with E-state index in [9.17, 15) is 4.79 Å². The average molecular weight is 337 g/mol. The van der Waals surface area contributed by atoms with Gasteiger partial charge in [-0.3, -0.25) is 9.78 Å². The molecule has 1 amide bonds. The van der Waals surface area contributed by atoms with Gasteiger partial charge in [0, 0.05) is 31.1 Å². The minimum Gasteiger partial charge on any atom is -0.376 e. The standard InChI is InChI=1S/C20H23N3O2/c1-14-9-15-5-2-3-7-19(15)23(14)17-10-16(11-21-12-17)20(24)22-13-18-6-4-8-25-18/h2-3,5,7,10-12,14,18H,4,6,8-9,13H2,1H3,(H,22,24). The third-order valence-electron chi connectivity index (χ3n) is 4.99. The van der Waals surface area contributed by atoms with Crippen molar-refractivity contribution in [1.29, 1.82) is 0 Å². The Hall–Kier alpha value is -2.40. The normalized spacial score (nSPS) is 22.0. The Bertz CT molecular complexity index is 771. The Morgan fingerprint density at radius 1 is 1.36 bits per heavy atom. The summed E-state index contributed by atoms with van der Waals surface area (Å²) in [4.78, 5) is 19.0. The van der Waals surface area contributed by atoms with Gasteiger partial charge in [0.15, 0.2) is 0 Å². The Morgan fingerprint density at radius 3 is 3.08 bits per heavy atom. The summed E-state index contributed by atoms with van der Waals surface area (Å²) in [5, 5.41) is 2.97. The van der Waals surface area contributed by atoms with E-state index in [1.54, 1.807) is 6.20 Å². The number of aromatic nitrogens is 1. The molecule has 0 aliphatic carbocycles. The van der Waals surface area contributed by atoms with Crippen LogP contribution in [0.15, 0.2) is 42.7 Å². The highest BCUT2D eigenvalue weighted by Crippen LogP contribution is 2.37. The number of amides is 1. The molecule has 25 heavy (non-hydrogen) atoms. The quantitative estimate of drug-likeness (QED) is 0.931. The number of benzene rings is 1. The van der Waals surface area contributed by atoms with Gasteiger partial charge in [-0.15, -0.1) is 0 Å². The number of ether oxygens (including phenoxy) is 1. The van der Waals surface area contributed by atoms with Crippen molar-refractivity contribution in [3.05, 3.63) is 53.9 Å². The number of fused-ring (bicyclic) bond motifs is 1. The van der Waals surface area contributed by atoms with E-state index in [1.807, 2.05) is 12.3 Å². The minimum absolute atomic E-state index is 0.0926. The first-order valence-electron chi connectivity index (χ1n) is 8.94. The van der Waals surface area contributed by atoms with Crippen LogP contribution in [0.3, 0.4) is 0 Å². The Labute approximate surface area is 148 Å². The summed E-state index contributed by atoms with van der Waals surface area (Å²) in [6.07, 6.45) is 6.69. The monoisotopic (exact) mass is 337 g/mol. The first kappa shape index (κ1) is 16.1. The second-order valence-corrected chi connectivity index (χ2v) is 6.83. The van der Waals surface area contributed by atoms with Gasteiger partial charge in [-0.05, 0) is 43.9 Å². The second-order valence-electron chi connectivity index (χ2n) is 6.83. The van der Waals surface area contributed by atoms with Gasteiger partial charge in [-0.1, -0.05) is 18.2 Å². The highest BCUT2D eigenvalue weighted by molar-refractivity contribution is 5.95. The molecule has 2 unspecified atom stereocenters. The molecule has 4 rings (SSSR count). The third-order valence-corrected chi connectivity index (χ3v) is 4.99. The predicted molar refractivity (Wildman–Crippen MR) is 97.3 cm³/mol. The molecule has 5 nitrogen and oxygen atoms in total. The van der Waals surface area contributed by atoms with Crippen LogP contribution in [-0.4, -0.2) is 36.2 Å². The molecule has 0 spiro atoms. The van der Waals surface area contributed by atoms with Crippen molar-refractivity contribution in [2.45, 2.75) is 38.3 Å². The maximum atomic E-state index is 12.5. The van der Waals surface area contributed by atoms with E-state index in [0.29, 0.717) is 18.2 Å². The molecule has 2 atom stereocenters. The van der Waals surface area contributed by atoms with E-state index in [0.717, 1.165) is 31.6 Å². The van der Waals surface area contributed by atoms with Crippen LogP contribution in [-0.2, 0) is 11.2 Å². The fourth-order valence-electron chi connectivity index (χ4n) is 3.76. The minimum atomic E-state index is -0.0926. The number of para-hydroxylation sites is 1. The van der Waals surface area contributed by atoms with Crippen molar-refractivity contribution in [2.75, 3.05) is 18.1 Å². The van der Waals surface area contributed by atoms with E-state index in [2.05, 4.69) is 46.4 Å². The van der Waals surface area contributed by atoms with Gasteiger partial charge in [0.25, 0.3) is 5.91 Å². The number of hydrogen-bond donors (Lipinski definition) is 1. The van der Waals surface area contributed by atoms with Crippen molar-refractivity contribution in [1.82, 2.24) is 10.3 Å². The molecule has 0 bridgehead atoms. The molecule has 130 valence electrons. The highest BCUT2D eigenvalue weighted by Gasteiger charge is 2.27. The highest BCUT2D eigenvalue weighted by atomic mass is 16.5. The summed E-state index contributed by atoms with van der Waals surface area (Å²) in [6, 6.07) is 10.7. The molecule has 1 N–H and O–H groups in total. The smallest absolute Gasteiger partial charge is 0.253 e. The van der Waals surface area contributed by atoms with Gasteiger partial charge >= 0.3 is 0 Å². The largest absolute Gasteiger partial charge is 0.376 e. The lowest BCUT2D eigenvalue weighted by molar-refractivity contribution is 0.0857. The van der Waals surface area contributed by atoms with Crippen LogP contribution in [0, 0.1) is 0 Å². The molecule has 1 aromatic carbocycles. The molecular weight excluding hydrogens is 314 g/mol. The number of pyridine rings is 1. The molecule has 0 saturated carbocycles. The summed E-state index contributed by atoms with van der Waals surface area (Å²) < 4.78 is 5.56. The Kier molecular flexibility index (Phi) is 4.40. The summed E-state index contributed by atoms with van der Waals surface area (Å²) in [7, 11) is 0. The maximum absolute atomic E-state index is 12.5. The number of nitrogens with one attached hydrogen (secondary N) is 1. The van der Waals surface area contributed by atoms with E-state index < -0.39 is 0 Å². The third kappa shape index (κ3) is 3.24. The lowest BCUT2D eigenvalue weighted by atomic mass is 10.1. The number of hydrogen-bond acceptors (Lipinski definition) is 4. The van der Waals surface area contributed by atoms with Crippen molar-refractivity contribution in [3.8, 4) is 0 Å². The molecule has 1 aromatic heterocycles. The molecule has 2 aliphatic rings. The summed E-state index contributed by atoms with van der Waals surface area (Å²) in [5.41, 5.74) is 4.09. The molecule has 1 saturated heterocycles. The zero-order chi connectivity index (χ0) is 17.2. The fraction of sp³-hybridized carbons (Fsp3) is 0.400. The topological polar surface area (TPSA) is 54.5 Å². The van der Waals surface area contributed by atoms with Crippen molar-refractivity contribution >= 4 is 17.3 Å². The number of nitrogens with zero attached hydrogens (tertiary/aromatic N) is 2. The molecule has 3 heterocycles. The Balaban J connectivity index is 1.52. The van der Waals surface area contributed by atoms with Gasteiger partial charge in [0.05, 0.1) is 23.6 Å². The van der Waals surface area contributed by atoms with Gasteiger partial charge in [-0.2, -0.15) is 0 Å². The van der Waals surface area contributed by atoms with E-state index >= 15 is 0 Å². The lowest BCUT2D eigenvalue weighted by Gasteiger charge is -2.25. The van der Waals surface area contributed by atoms with Crippen LogP contribution < -0.4 is 10.2 Å². The maximum Gasteiger partial charge on any atom is 0.253 e. The molecule has 2 aromatic rings. The zero-order valence-corrected chi connectivity index (χ0v) is 14.4. The SMILES string of the molecule is CC1Cc2ccccc2N1c1cncc(C(=O)NCC2CCCO2)c1. The molecule has 1 fully saturated rings. The van der Waals surface area contributed by atoms with Crippen LogP contribution in [0.4, 0.5) is 11.4 Å². The molecule has 5 heteroatoms. The first-order chi connectivity index (χ1) is 12.2. The van der Waals surface area contributed by atoms with Gasteiger partial charge in [-0.25, -0.2) is 0 Å². The van der Waals surface area contributed by atoms with Crippen molar-refractivity contribution < 1.29 is 9.53 Å². The molecule has 0 radical (unpaired) electrons. The summed E-state index contributed by atoms with van der Waals surface area (Å²) in [5.74, 6) is -0.0926. The van der Waals surface area contributed by atoms with Crippen molar-refractivity contribution in [2.24, 2.45) is 0 Å². The first-order valence-corrected chi connectivity index (χ1v) is 8.94. The molecular formula is C20H23N3O2.